The van der Waals surface area contributed by atoms with Gasteiger partial charge in [-0.05, 0) is 38.1 Å². The molecule has 2 aromatic rings. The van der Waals surface area contributed by atoms with Crippen LogP contribution in [0.15, 0.2) is 22.7 Å². The molecule has 0 saturated carbocycles. The van der Waals surface area contributed by atoms with Crippen molar-refractivity contribution in [2.24, 2.45) is 0 Å². The lowest BCUT2D eigenvalue weighted by Gasteiger charge is -2.08. The average molecular weight is 261 g/mol. The normalized spacial score (nSPS) is 22.8. The number of phenolic OH excluding ortho intramolecular Hbond substituents is 2. The van der Waals surface area contributed by atoms with Crippen molar-refractivity contribution in [2.75, 3.05) is 6.54 Å². The summed E-state index contributed by atoms with van der Waals surface area (Å²) in [6, 6.07) is 4.78. The maximum absolute atomic E-state index is 9.48. The highest BCUT2D eigenvalue weighted by Gasteiger charge is 2.29. The van der Waals surface area contributed by atoms with Crippen LogP contribution in [0, 0.1) is 0 Å². The van der Waals surface area contributed by atoms with E-state index in [4.69, 9.17) is 4.52 Å². The molecule has 6 nitrogen and oxygen atoms in total. The van der Waals surface area contributed by atoms with Gasteiger partial charge in [-0.2, -0.15) is 4.98 Å². The third-order valence-electron chi connectivity index (χ3n) is 3.52. The summed E-state index contributed by atoms with van der Waals surface area (Å²) >= 11 is 0. The van der Waals surface area contributed by atoms with Crippen LogP contribution in [0.1, 0.15) is 25.2 Å². The van der Waals surface area contributed by atoms with E-state index in [0.717, 1.165) is 13.0 Å². The summed E-state index contributed by atoms with van der Waals surface area (Å²) in [5.41, 5.74) is 0.615. The van der Waals surface area contributed by atoms with Crippen molar-refractivity contribution in [1.82, 2.24) is 15.5 Å². The maximum Gasteiger partial charge on any atom is 0.231 e. The van der Waals surface area contributed by atoms with Crippen molar-refractivity contribution in [1.29, 1.82) is 0 Å². The molecule has 3 N–H and O–H groups in total. The van der Waals surface area contributed by atoms with E-state index in [0.29, 0.717) is 23.3 Å². The molecule has 100 valence electrons. The lowest BCUT2D eigenvalue weighted by molar-refractivity contribution is 0.345. The highest BCUT2D eigenvalue weighted by Crippen LogP contribution is 2.31. The Morgan fingerprint density at radius 2 is 2.16 bits per heavy atom. The maximum atomic E-state index is 9.48. The van der Waals surface area contributed by atoms with Crippen LogP contribution in [0.4, 0.5) is 0 Å². The van der Waals surface area contributed by atoms with Gasteiger partial charge < -0.3 is 20.1 Å². The van der Waals surface area contributed by atoms with Gasteiger partial charge in [0.25, 0.3) is 0 Å². The number of rotatable bonds is 2. The molecule has 2 atom stereocenters. The number of hydrogen-bond donors (Lipinski definition) is 3. The first-order valence-electron chi connectivity index (χ1n) is 6.24. The molecule has 1 aromatic carbocycles. The zero-order valence-electron chi connectivity index (χ0n) is 10.5. The van der Waals surface area contributed by atoms with Gasteiger partial charge in [0.15, 0.2) is 11.5 Å². The summed E-state index contributed by atoms with van der Waals surface area (Å²) in [7, 11) is 0. The van der Waals surface area contributed by atoms with Crippen LogP contribution >= 0.6 is 0 Å². The van der Waals surface area contributed by atoms with Crippen LogP contribution in [0.3, 0.4) is 0 Å². The number of aromatic hydroxyl groups is 2. The quantitative estimate of drug-likeness (QED) is 0.711. The standard InChI is InChI=1S/C13H15N3O3/c1-7-9(4-5-14-7)13-15-12(16-19-13)8-2-3-10(17)11(18)6-8/h2-3,6-7,9,14,17-18H,4-5H2,1H3. The first-order valence-corrected chi connectivity index (χ1v) is 6.24. The number of aromatic nitrogens is 2. The summed E-state index contributed by atoms with van der Waals surface area (Å²) in [5.74, 6) is 0.900. The molecule has 0 amide bonds. The van der Waals surface area contributed by atoms with Crippen molar-refractivity contribution < 1.29 is 14.7 Å². The molecule has 2 heterocycles. The fourth-order valence-corrected chi connectivity index (χ4v) is 2.36. The predicted molar refractivity (Wildman–Crippen MR) is 67.9 cm³/mol. The number of nitrogens with zero attached hydrogens (tertiary/aromatic N) is 2. The molecule has 0 radical (unpaired) electrons. The highest BCUT2D eigenvalue weighted by atomic mass is 16.5. The lowest BCUT2D eigenvalue weighted by atomic mass is 10.0. The van der Waals surface area contributed by atoms with E-state index in [1.54, 1.807) is 6.07 Å². The Labute approximate surface area is 110 Å². The molecule has 1 aromatic heterocycles. The van der Waals surface area contributed by atoms with Crippen molar-refractivity contribution in [2.45, 2.75) is 25.3 Å². The molecular formula is C13H15N3O3. The Morgan fingerprint density at radius 1 is 1.32 bits per heavy atom. The Hall–Kier alpha value is -2.08. The Kier molecular flexibility index (Phi) is 2.87. The number of phenols is 2. The number of benzene rings is 1. The van der Waals surface area contributed by atoms with Gasteiger partial charge in [-0.1, -0.05) is 5.16 Å². The fraction of sp³-hybridized carbons (Fsp3) is 0.385. The zero-order chi connectivity index (χ0) is 13.4. The Balaban J connectivity index is 1.90. The first-order chi connectivity index (χ1) is 9.15. The zero-order valence-corrected chi connectivity index (χ0v) is 10.5. The smallest absolute Gasteiger partial charge is 0.231 e. The van der Waals surface area contributed by atoms with E-state index in [1.807, 2.05) is 0 Å². The van der Waals surface area contributed by atoms with Gasteiger partial charge in [-0.15, -0.1) is 0 Å². The topological polar surface area (TPSA) is 91.4 Å². The van der Waals surface area contributed by atoms with Crippen LogP contribution in [-0.2, 0) is 0 Å². The van der Waals surface area contributed by atoms with Gasteiger partial charge in [0.1, 0.15) is 0 Å². The molecule has 19 heavy (non-hydrogen) atoms. The second-order valence-electron chi connectivity index (χ2n) is 4.80. The summed E-state index contributed by atoms with van der Waals surface area (Å²) in [4.78, 5) is 4.37. The van der Waals surface area contributed by atoms with Crippen LogP contribution < -0.4 is 5.32 Å². The van der Waals surface area contributed by atoms with E-state index >= 15 is 0 Å². The van der Waals surface area contributed by atoms with Crippen LogP contribution in [0.2, 0.25) is 0 Å². The Morgan fingerprint density at radius 3 is 2.84 bits per heavy atom. The third-order valence-corrected chi connectivity index (χ3v) is 3.52. The molecule has 1 fully saturated rings. The summed E-state index contributed by atoms with van der Waals surface area (Å²) in [6.07, 6.45) is 0.976. The van der Waals surface area contributed by atoms with E-state index in [2.05, 4.69) is 22.4 Å². The van der Waals surface area contributed by atoms with Gasteiger partial charge in [0.2, 0.25) is 11.7 Å². The van der Waals surface area contributed by atoms with Crippen molar-refractivity contribution >= 4 is 0 Å². The lowest BCUT2D eigenvalue weighted by Crippen LogP contribution is -2.21. The van der Waals surface area contributed by atoms with E-state index in [-0.39, 0.29) is 17.4 Å². The summed E-state index contributed by atoms with van der Waals surface area (Å²) < 4.78 is 5.30. The second-order valence-corrected chi connectivity index (χ2v) is 4.80. The molecule has 0 bridgehead atoms. The molecule has 2 unspecified atom stereocenters. The SMILES string of the molecule is CC1NCCC1c1nc(-c2ccc(O)c(O)c2)no1. The Bertz CT molecular complexity index is 597. The van der Waals surface area contributed by atoms with E-state index in [1.165, 1.54) is 12.1 Å². The fourth-order valence-electron chi connectivity index (χ4n) is 2.36. The predicted octanol–water partition coefficient (Wildman–Crippen LogP) is 1.61. The van der Waals surface area contributed by atoms with Crippen LogP contribution in [0.5, 0.6) is 11.5 Å². The van der Waals surface area contributed by atoms with Gasteiger partial charge >= 0.3 is 0 Å². The van der Waals surface area contributed by atoms with Gasteiger partial charge in [-0.3, -0.25) is 0 Å². The third kappa shape index (κ3) is 2.15. The molecular weight excluding hydrogens is 246 g/mol. The molecule has 3 rings (SSSR count). The van der Waals surface area contributed by atoms with Crippen molar-refractivity contribution in [3.05, 3.63) is 24.1 Å². The number of hydrogen-bond acceptors (Lipinski definition) is 6. The summed E-state index contributed by atoms with van der Waals surface area (Å²) in [5, 5.41) is 26.0. The van der Waals surface area contributed by atoms with Crippen LogP contribution in [0.25, 0.3) is 11.4 Å². The summed E-state index contributed by atoms with van der Waals surface area (Å²) in [6.45, 7) is 3.04. The molecule has 1 aliphatic heterocycles. The van der Waals surface area contributed by atoms with Gasteiger partial charge in [0.05, 0.1) is 5.92 Å². The number of nitrogens with one attached hydrogen (secondary N) is 1. The van der Waals surface area contributed by atoms with Gasteiger partial charge in [0, 0.05) is 11.6 Å². The second kappa shape index (κ2) is 4.55. The molecule has 6 heteroatoms. The minimum Gasteiger partial charge on any atom is -0.504 e. The highest BCUT2D eigenvalue weighted by molar-refractivity contribution is 5.59. The van der Waals surface area contributed by atoms with Crippen LogP contribution in [-0.4, -0.2) is 32.9 Å². The monoisotopic (exact) mass is 261 g/mol. The van der Waals surface area contributed by atoms with Gasteiger partial charge in [-0.25, -0.2) is 0 Å². The molecule has 0 spiro atoms. The minimum atomic E-state index is -0.195. The molecule has 1 saturated heterocycles. The average Bonchev–Trinajstić information content (AvgIpc) is 3.01. The molecule has 0 aliphatic carbocycles. The van der Waals surface area contributed by atoms with E-state index < -0.39 is 0 Å². The first kappa shape index (κ1) is 12.0. The largest absolute Gasteiger partial charge is 0.504 e. The molecule has 1 aliphatic rings. The van der Waals surface area contributed by atoms with Crippen molar-refractivity contribution in [3.8, 4) is 22.9 Å². The van der Waals surface area contributed by atoms with E-state index in [9.17, 15) is 10.2 Å². The minimum absolute atomic E-state index is 0.166. The van der Waals surface area contributed by atoms with Crippen molar-refractivity contribution in [3.63, 3.8) is 0 Å².